The first-order valence-corrected chi connectivity index (χ1v) is 11.0. The summed E-state index contributed by atoms with van der Waals surface area (Å²) in [4.78, 5) is 8.70. The normalized spacial score (nSPS) is 15.6. The van der Waals surface area contributed by atoms with Gasteiger partial charge in [0.2, 0.25) is 0 Å². The molecule has 1 atom stereocenters. The van der Waals surface area contributed by atoms with Gasteiger partial charge in [0, 0.05) is 39.8 Å². The van der Waals surface area contributed by atoms with Crippen LogP contribution in [0.4, 0.5) is 14.5 Å². The minimum atomic E-state index is -0.409. The van der Waals surface area contributed by atoms with E-state index in [-0.39, 0.29) is 41.6 Å². The first-order chi connectivity index (χ1) is 15.4. The molecular weight excluding hydrogens is 539 g/mol. The van der Waals surface area contributed by atoms with Crippen LogP contribution in [0.2, 0.25) is 0 Å². The van der Waals surface area contributed by atoms with E-state index in [1.165, 1.54) is 13.2 Å². The lowest BCUT2D eigenvalue weighted by atomic mass is 10.1. The number of methoxy groups -OCH3 is 1. The summed E-state index contributed by atoms with van der Waals surface area (Å²) in [7, 11) is 3.10. The van der Waals surface area contributed by atoms with Gasteiger partial charge in [0.05, 0.1) is 18.8 Å². The average Bonchev–Trinajstić information content (AvgIpc) is 2.81. The summed E-state index contributed by atoms with van der Waals surface area (Å²) in [6.45, 7) is 9.10. The molecule has 1 unspecified atom stereocenters. The number of likely N-dealkylation sites (N-methyl/N-ethyl adjacent to an activating group) is 1. The molecule has 0 spiro atoms. The molecule has 33 heavy (non-hydrogen) atoms. The molecule has 6 nitrogen and oxygen atoms in total. The molecule has 0 aromatic heterocycles. The van der Waals surface area contributed by atoms with Crippen molar-refractivity contribution in [2.45, 2.75) is 26.4 Å². The van der Waals surface area contributed by atoms with Gasteiger partial charge in [-0.3, -0.25) is 4.99 Å². The maximum Gasteiger partial charge on any atom is 0.191 e. The lowest BCUT2D eigenvalue weighted by molar-refractivity contribution is 0.270. The topological polar surface area (TPSA) is 52.1 Å². The Labute approximate surface area is 212 Å². The van der Waals surface area contributed by atoms with Gasteiger partial charge in [-0.05, 0) is 48.9 Å². The molecule has 0 bridgehead atoms. The van der Waals surface area contributed by atoms with Gasteiger partial charge in [0.25, 0.3) is 0 Å². The highest BCUT2D eigenvalue weighted by molar-refractivity contribution is 14.0. The molecule has 9 heteroatoms. The Balaban J connectivity index is 0.00000385. The smallest absolute Gasteiger partial charge is 0.191 e. The number of nitrogens with one attached hydrogen (secondary N) is 2. The monoisotopic (exact) mass is 573 g/mol. The molecule has 1 aliphatic rings. The number of hydrogen-bond acceptors (Lipinski definition) is 4. The van der Waals surface area contributed by atoms with E-state index in [1.54, 1.807) is 25.2 Å². The largest absolute Gasteiger partial charge is 0.494 e. The zero-order valence-electron chi connectivity index (χ0n) is 19.7. The summed E-state index contributed by atoms with van der Waals surface area (Å²) in [5.74, 6) is 0.141. The second-order valence-electron chi connectivity index (χ2n) is 7.89. The molecule has 3 rings (SSSR count). The van der Waals surface area contributed by atoms with E-state index in [1.807, 2.05) is 19.1 Å². The van der Waals surface area contributed by atoms with Crippen LogP contribution in [-0.2, 0) is 6.54 Å². The zero-order valence-corrected chi connectivity index (χ0v) is 22.0. The van der Waals surface area contributed by atoms with Crippen LogP contribution in [-0.4, -0.2) is 57.7 Å². The number of nitrogens with zero attached hydrogens (tertiary/aromatic N) is 3. The number of benzene rings is 2. The molecule has 0 aliphatic carbocycles. The van der Waals surface area contributed by atoms with Gasteiger partial charge in [-0.15, -0.1) is 24.0 Å². The van der Waals surface area contributed by atoms with Crippen molar-refractivity contribution in [1.29, 1.82) is 0 Å². The maximum atomic E-state index is 14.8. The summed E-state index contributed by atoms with van der Waals surface area (Å²) >= 11 is 0. The summed E-state index contributed by atoms with van der Waals surface area (Å²) in [5.41, 5.74) is 2.25. The summed E-state index contributed by atoms with van der Waals surface area (Å²) in [6.07, 6.45) is 0. The Hall–Kier alpha value is -2.14. The van der Waals surface area contributed by atoms with Crippen LogP contribution in [0, 0.1) is 11.6 Å². The molecule has 1 aliphatic heterocycles. The highest BCUT2D eigenvalue weighted by Gasteiger charge is 2.19. The Bertz CT molecular complexity index is 935. The molecule has 2 N–H and O–H groups in total. The maximum absolute atomic E-state index is 14.8. The van der Waals surface area contributed by atoms with Crippen LogP contribution < -0.4 is 20.3 Å². The summed E-state index contributed by atoms with van der Waals surface area (Å²) < 4.78 is 33.7. The summed E-state index contributed by atoms with van der Waals surface area (Å²) in [6, 6.07) is 10.0. The van der Waals surface area contributed by atoms with Crippen LogP contribution >= 0.6 is 24.0 Å². The van der Waals surface area contributed by atoms with Gasteiger partial charge in [-0.2, -0.15) is 0 Å². The predicted octanol–water partition coefficient (Wildman–Crippen LogP) is 4.16. The van der Waals surface area contributed by atoms with Crippen LogP contribution in [0.25, 0.3) is 0 Å². The van der Waals surface area contributed by atoms with E-state index in [0.29, 0.717) is 18.2 Å². The molecule has 1 fully saturated rings. The van der Waals surface area contributed by atoms with Crippen LogP contribution in [0.5, 0.6) is 5.75 Å². The van der Waals surface area contributed by atoms with Crippen molar-refractivity contribution in [3.8, 4) is 5.75 Å². The molecule has 0 radical (unpaired) electrons. The number of anilines is 1. The third-order valence-corrected chi connectivity index (χ3v) is 5.88. The molecule has 0 saturated carbocycles. The number of hydrogen-bond donors (Lipinski definition) is 2. The SMILES string of the molecule is CCN1CCN(c2ccc(CNC(=NC)NC(C)c3ccc(OC)c(F)c3)cc2F)CC1.I. The highest BCUT2D eigenvalue weighted by atomic mass is 127. The fourth-order valence-corrected chi connectivity index (χ4v) is 3.84. The Kier molecular flexibility index (Phi) is 10.6. The van der Waals surface area contributed by atoms with E-state index in [0.717, 1.165) is 43.9 Å². The quantitative estimate of drug-likeness (QED) is 0.296. The second-order valence-corrected chi connectivity index (χ2v) is 7.89. The fraction of sp³-hybridized carbons (Fsp3) is 0.458. The van der Waals surface area contributed by atoms with Crippen molar-refractivity contribution in [2.75, 3.05) is 51.8 Å². The molecule has 2 aromatic rings. The summed E-state index contributed by atoms with van der Waals surface area (Å²) in [5, 5.41) is 6.43. The molecule has 1 heterocycles. The van der Waals surface area contributed by atoms with Gasteiger partial charge in [-0.25, -0.2) is 8.78 Å². The van der Waals surface area contributed by atoms with E-state index in [9.17, 15) is 8.78 Å². The fourth-order valence-electron chi connectivity index (χ4n) is 3.84. The Morgan fingerprint density at radius 3 is 2.39 bits per heavy atom. The number of piperazine rings is 1. The molecule has 2 aromatic carbocycles. The van der Waals surface area contributed by atoms with Crippen LogP contribution in [0.3, 0.4) is 0 Å². The Morgan fingerprint density at radius 1 is 1.09 bits per heavy atom. The lowest BCUT2D eigenvalue weighted by Crippen LogP contribution is -2.46. The van der Waals surface area contributed by atoms with Crippen LogP contribution in [0.1, 0.15) is 31.0 Å². The third kappa shape index (κ3) is 7.17. The van der Waals surface area contributed by atoms with Crippen molar-refractivity contribution in [1.82, 2.24) is 15.5 Å². The predicted molar refractivity (Wildman–Crippen MR) is 141 cm³/mol. The van der Waals surface area contributed by atoms with E-state index in [4.69, 9.17) is 4.74 Å². The van der Waals surface area contributed by atoms with E-state index >= 15 is 0 Å². The van der Waals surface area contributed by atoms with Gasteiger partial charge < -0.3 is 25.2 Å². The second kappa shape index (κ2) is 12.9. The minimum absolute atomic E-state index is 0. The third-order valence-electron chi connectivity index (χ3n) is 5.88. The standard InChI is InChI=1S/C24H33F2N5O.HI/c1-5-30-10-12-31(13-11-30)22-8-6-18(14-20(22)25)16-28-24(27-3)29-17(2)19-7-9-23(32-4)21(26)15-19;/h6-9,14-15,17H,5,10-13,16H2,1-4H3,(H2,27,28,29);1H. The minimum Gasteiger partial charge on any atom is -0.494 e. The van der Waals surface area contributed by atoms with Gasteiger partial charge in [0.15, 0.2) is 17.5 Å². The van der Waals surface area contributed by atoms with Gasteiger partial charge in [0.1, 0.15) is 5.82 Å². The van der Waals surface area contributed by atoms with E-state index < -0.39 is 5.82 Å². The van der Waals surface area contributed by atoms with Crippen molar-refractivity contribution in [3.63, 3.8) is 0 Å². The van der Waals surface area contributed by atoms with Crippen LogP contribution in [0.15, 0.2) is 41.4 Å². The highest BCUT2D eigenvalue weighted by Crippen LogP contribution is 2.23. The molecule has 182 valence electrons. The van der Waals surface area contributed by atoms with E-state index in [2.05, 4.69) is 32.3 Å². The lowest BCUT2D eigenvalue weighted by Gasteiger charge is -2.35. The number of halogens is 3. The van der Waals surface area contributed by atoms with Crippen molar-refractivity contribution in [3.05, 3.63) is 59.2 Å². The first-order valence-electron chi connectivity index (χ1n) is 11.0. The number of ether oxygens (including phenoxy) is 1. The number of guanidine groups is 1. The van der Waals surface area contributed by atoms with Crippen molar-refractivity contribution in [2.24, 2.45) is 4.99 Å². The molecule has 1 saturated heterocycles. The molecular formula is C24H34F2IN5O. The first kappa shape index (κ1) is 27.1. The Morgan fingerprint density at radius 2 is 1.82 bits per heavy atom. The zero-order chi connectivity index (χ0) is 23.1. The van der Waals surface area contributed by atoms with Gasteiger partial charge in [-0.1, -0.05) is 19.1 Å². The number of rotatable bonds is 7. The van der Waals surface area contributed by atoms with Gasteiger partial charge >= 0.3 is 0 Å². The van der Waals surface area contributed by atoms with Crippen molar-refractivity contribution >= 4 is 35.6 Å². The average molecular weight is 573 g/mol. The molecule has 0 amide bonds. The number of aliphatic imine (C=N–C) groups is 1. The van der Waals surface area contributed by atoms with Crippen molar-refractivity contribution < 1.29 is 13.5 Å².